The van der Waals surface area contributed by atoms with E-state index < -0.39 is 5.97 Å². The lowest BCUT2D eigenvalue weighted by Gasteiger charge is -2.30. The van der Waals surface area contributed by atoms with Crippen molar-refractivity contribution in [3.63, 3.8) is 0 Å². The Hall–Kier alpha value is -1.29. The highest BCUT2D eigenvalue weighted by Crippen LogP contribution is 2.30. The molecular formula is C17H22BrNO2. The van der Waals surface area contributed by atoms with Gasteiger partial charge in [-0.1, -0.05) is 41.6 Å². The second-order valence-corrected chi connectivity index (χ2v) is 6.55. The van der Waals surface area contributed by atoms with Gasteiger partial charge >= 0.3 is 5.97 Å². The van der Waals surface area contributed by atoms with Gasteiger partial charge in [0.25, 0.3) is 0 Å². The molecule has 0 atom stereocenters. The fourth-order valence-corrected chi connectivity index (χ4v) is 3.36. The third-order valence-corrected chi connectivity index (χ3v) is 4.64. The molecule has 1 aliphatic rings. The summed E-state index contributed by atoms with van der Waals surface area (Å²) in [6.45, 7) is 0. The average Bonchev–Trinajstić information content (AvgIpc) is 2.73. The van der Waals surface area contributed by atoms with Crippen LogP contribution in [0.3, 0.4) is 0 Å². The molecule has 0 heterocycles. The standard InChI is InChI=1S/C17H22BrNO2/c1-19(15-6-4-2-3-5-7-15)16-10-9-14(18)12-13(16)8-11-17(20)21/h8-12,15H,2-7H2,1H3,(H,20,21)/b11-8+. The Morgan fingerprint density at radius 2 is 1.95 bits per heavy atom. The van der Waals surface area contributed by atoms with Crippen molar-refractivity contribution >= 4 is 33.7 Å². The van der Waals surface area contributed by atoms with Gasteiger partial charge in [-0.25, -0.2) is 4.79 Å². The fraction of sp³-hybridized carbons (Fsp3) is 0.471. The van der Waals surface area contributed by atoms with Crippen molar-refractivity contribution in [2.45, 2.75) is 44.6 Å². The number of carboxylic acid groups (broad SMARTS) is 1. The molecule has 4 heteroatoms. The van der Waals surface area contributed by atoms with Gasteiger partial charge in [0, 0.05) is 29.3 Å². The van der Waals surface area contributed by atoms with E-state index in [1.165, 1.54) is 44.6 Å². The monoisotopic (exact) mass is 351 g/mol. The lowest BCUT2D eigenvalue weighted by molar-refractivity contribution is -0.131. The Morgan fingerprint density at radius 3 is 2.57 bits per heavy atom. The molecular weight excluding hydrogens is 330 g/mol. The maximum atomic E-state index is 10.8. The predicted molar refractivity (Wildman–Crippen MR) is 90.7 cm³/mol. The van der Waals surface area contributed by atoms with Gasteiger partial charge in [-0.15, -0.1) is 0 Å². The average molecular weight is 352 g/mol. The van der Waals surface area contributed by atoms with E-state index in [1.54, 1.807) is 6.08 Å². The molecule has 3 nitrogen and oxygen atoms in total. The Labute approximate surface area is 134 Å². The van der Waals surface area contributed by atoms with Crippen LogP contribution in [0.4, 0.5) is 5.69 Å². The first-order chi connectivity index (χ1) is 10.1. The van der Waals surface area contributed by atoms with Crippen LogP contribution in [0.5, 0.6) is 0 Å². The van der Waals surface area contributed by atoms with Crippen molar-refractivity contribution in [3.05, 3.63) is 34.3 Å². The van der Waals surface area contributed by atoms with Gasteiger partial charge in [0.2, 0.25) is 0 Å². The summed E-state index contributed by atoms with van der Waals surface area (Å²) >= 11 is 3.46. The Morgan fingerprint density at radius 1 is 1.29 bits per heavy atom. The van der Waals surface area contributed by atoms with Crippen molar-refractivity contribution in [1.82, 2.24) is 0 Å². The molecule has 0 saturated heterocycles. The molecule has 0 amide bonds. The zero-order valence-corrected chi connectivity index (χ0v) is 14.0. The van der Waals surface area contributed by atoms with E-state index in [2.05, 4.69) is 33.9 Å². The number of hydrogen-bond donors (Lipinski definition) is 1. The van der Waals surface area contributed by atoms with Gasteiger partial charge in [0.05, 0.1) is 0 Å². The summed E-state index contributed by atoms with van der Waals surface area (Å²) in [5.74, 6) is -0.918. The van der Waals surface area contributed by atoms with Crippen molar-refractivity contribution in [2.24, 2.45) is 0 Å². The van der Waals surface area contributed by atoms with Crippen LogP contribution in [-0.4, -0.2) is 24.2 Å². The summed E-state index contributed by atoms with van der Waals surface area (Å²) < 4.78 is 0.963. The highest BCUT2D eigenvalue weighted by Gasteiger charge is 2.18. The minimum atomic E-state index is -0.918. The molecule has 1 N–H and O–H groups in total. The number of nitrogens with zero attached hydrogens (tertiary/aromatic N) is 1. The Bertz CT molecular complexity index is 520. The van der Waals surface area contributed by atoms with Crippen LogP contribution in [0.25, 0.3) is 6.08 Å². The van der Waals surface area contributed by atoms with Gasteiger partial charge in [0.15, 0.2) is 0 Å². The maximum absolute atomic E-state index is 10.8. The molecule has 1 aliphatic carbocycles. The summed E-state index contributed by atoms with van der Waals surface area (Å²) in [4.78, 5) is 13.1. The zero-order chi connectivity index (χ0) is 15.2. The Kier molecular flexibility index (Phi) is 5.85. The summed E-state index contributed by atoms with van der Waals surface area (Å²) in [5.41, 5.74) is 2.04. The van der Waals surface area contributed by atoms with Crippen LogP contribution in [0, 0.1) is 0 Å². The van der Waals surface area contributed by atoms with E-state index in [4.69, 9.17) is 5.11 Å². The van der Waals surface area contributed by atoms with Crippen molar-refractivity contribution in [1.29, 1.82) is 0 Å². The van der Waals surface area contributed by atoms with E-state index in [-0.39, 0.29) is 0 Å². The van der Waals surface area contributed by atoms with E-state index in [1.807, 2.05) is 12.1 Å². The van der Waals surface area contributed by atoms with Gasteiger partial charge in [-0.05, 0) is 42.7 Å². The third kappa shape index (κ3) is 4.60. The molecule has 0 bridgehead atoms. The summed E-state index contributed by atoms with van der Waals surface area (Å²) in [7, 11) is 2.12. The lowest BCUT2D eigenvalue weighted by atomic mass is 10.0. The van der Waals surface area contributed by atoms with Crippen molar-refractivity contribution in [2.75, 3.05) is 11.9 Å². The van der Waals surface area contributed by atoms with Gasteiger partial charge < -0.3 is 10.0 Å². The van der Waals surface area contributed by atoms with Gasteiger partial charge in [-0.2, -0.15) is 0 Å². The van der Waals surface area contributed by atoms with E-state index in [0.29, 0.717) is 6.04 Å². The molecule has 0 unspecified atom stereocenters. The van der Waals surface area contributed by atoms with Gasteiger partial charge in [-0.3, -0.25) is 0 Å². The largest absolute Gasteiger partial charge is 0.478 e. The lowest BCUT2D eigenvalue weighted by Crippen LogP contribution is -2.31. The number of hydrogen-bond acceptors (Lipinski definition) is 2. The molecule has 1 aromatic carbocycles. The normalized spacial score (nSPS) is 16.9. The number of anilines is 1. The van der Waals surface area contributed by atoms with Crippen molar-refractivity contribution in [3.8, 4) is 0 Å². The molecule has 0 spiro atoms. The number of carboxylic acids is 1. The van der Waals surface area contributed by atoms with Crippen LogP contribution < -0.4 is 4.90 Å². The number of halogens is 1. The summed E-state index contributed by atoms with van der Waals surface area (Å²) in [5, 5.41) is 8.85. The molecule has 1 aromatic rings. The quantitative estimate of drug-likeness (QED) is 0.630. The molecule has 2 rings (SSSR count). The maximum Gasteiger partial charge on any atom is 0.328 e. The first-order valence-electron chi connectivity index (χ1n) is 7.51. The topological polar surface area (TPSA) is 40.5 Å². The number of rotatable bonds is 4. The SMILES string of the molecule is CN(c1ccc(Br)cc1/C=C/C(=O)O)C1CCCCCC1. The number of benzene rings is 1. The highest BCUT2D eigenvalue weighted by atomic mass is 79.9. The minimum absolute atomic E-state index is 0.547. The zero-order valence-electron chi connectivity index (χ0n) is 12.4. The second kappa shape index (κ2) is 7.64. The summed E-state index contributed by atoms with van der Waals surface area (Å²) in [6.07, 6.45) is 10.5. The summed E-state index contributed by atoms with van der Waals surface area (Å²) in [6, 6.07) is 6.60. The first-order valence-corrected chi connectivity index (χ1v) is 8.30. The number of aliphatic carboxylic acids is 1. The van der Waals surface area contributed by atoms with Crippen LogP contribution >= 0.6 is 15.9 Å². The first kappa shape index (κ1) is 16.1. The molecule has 1 fully saturated rings. The molecule has 0 aromatic heterocycles. The molecule has 0 aliphatic heterocycles. The van der Waals surface area contributed by atoms with Crippen LogP contribution in [0.2, 0.25) is 0 Å². The predicted octanol–water partition coefficient (Wildman–Crippen LogP) is 4.71. The smallest absolute Gasteiger partial charge is 0.328 e. The van der Waals surface area contributed by atoms with E-state index >= 15 is 0 Å². The molecule has 0 radical (unpaired) electrons. The molecule has 1 saturated carbocycles. The van der Waals surface area contributed by atoms with Crippen LogP contribution in [0.15, 0.2) is 28.7 Å². The van der Waals surface area contributed by atoms with Crippen LogP contribution in [-0.2, 0) is 4.79 Å². The fourth-order valence-electron chi connectivity index (χ4n) is 2.98. The second-order valence-electron chi connectivity index (χ2n) is 5.63. The molecule has 21 heavy (non-hydrogen) atoms. The minimum Gasteiger partial charge on any atom is -0.478 e. The molecule has 114 valence electrons. The Balaban J connectivity index is 2.26. The van der Waals surface area contributed by atoms with E-state index in [0.717, 1.165) is 15.7 Å². The highest BCUT2D eigenvalue weighted by molar-refractivity contribution is 9.10. The number of carbonyl (C=O) groups is 1. The van der Waals surface area contributed by atoms with Crippen molar-refractivity contribution < 1.29 is 9.90 Å². The van der Waals surface area contributed by atoms with E-state index in [9.17, 15) is 4.79 Å². The van der Waals surface area contributed by atoms with Crippen LogP contribution in [0.1, 0.15) is 44.1 Å². The van der Waals surface area contributed by atoms with Gasteiger partial charge in [0.1, 0.15) is 0 Å². The third-order valence-electron chi connectivity index (χ3n) is 4.15.